The largest absolute Gasteiger partial charge is 0.306 e. The number of rotatable bonds is 6. The average Bonchev–Trinajstić information content (AvgIpc) is 2.54. The Kier molecular flexibility index (Phi) is 7.54. The Morgan fingerprint density at radius 1 is 0.833 bits per heavy atom. The molecule has 0 spiro atoms. The van der Waals surface area contributed by atoms with Crippen LogP contribution in [0, 0.1) is 0 Å². The smallest absolute Gasteiger partial charge is 0.0217 e. The van der Waals surface area contributed by atoms with Gasteiger partial charge < -0.3 is 14.7 Å². The maximum Gasteiger partial charge on any atom is 0.0217 e. The number of likely N-dealkylation sites (tertiary alicyclic amines) is 2. The summed E-state index contributed by atoms with van der Waals surface area (Å²) in [6.07, 6.45) is 6.72. The third-order valence-corrected chi connectivity index (χ3v) is 6.58. The summed E-state index contributed by atoms with van der Waals surface area (Å²) in [5, 5.41) is 0. The molecule has 2 aliphatic heterocycles. The second-order valence-electron chi connectivity index (χ2n) is 8.95. The van der Waals surface area contributed by atoms with Gasteiger partial charge in [0.2, 0.25) is 0 Å². The monoisotopic (exact) mass is 338 g/mol. The second kappa shape index (κ2) is 8.98. The van der Waals surface area contributed by atoms with Crippen LogP contribution in [-0.2, 0) is 0 Å². The normalized spacial score (nSPS) is 29.8. The van der Waals surface area contributed by atoms with Crippen molar-refractivity contribution in [1.82, 2.24) is 19.6 Å². The Balaban J connectivity index is 1.87. The zero-order valence-corrected chi connectivity index (χ0v) is 17.3. The molecule has 4 nitrogen and oxygen atoms in total. The zero-order chi connectivity index (χ0) is 17.9. The highest BCUT2D eigenvalue weighted by atomic mass is 15.3. The molecule has 142 valence electrons. The lowest BCUT2D eigenvalue weighted by atomic mass is 9.91. The van der Waals surface area contributed by atoms with Gasteiger partial charge in [0.05, 0.1) is 0 Å². The second-order valence-corrected chi connectivity index (χ2v) is 8.95. The first-order valence-corrected chi connectivity index (χ1v) is 10.1. The Morgan fingerprint density at radius 2 is 1.42 bits per heavy atom. The summed E-state index contributed by atoms with van der Waals surface area (Å²) in [5.74, 6) is 0. The molecule has 3 atom stereocenters. The Labute approximate surface area is 151 Å². The molecule has 0 amide bonds. The van der Waals surface area contributed by atoms with E-state index in [4.69, 9.17) is 0 Å². The van der Waals surface area contributed by atoms with Crippen LogP contribution in [0.15, 0.2) is 0 Å². The van der Waals surface area contributed by atoms with E-state index in [1.807, 2.05) is 0 Å². The van der Waals surface area contributed by atoms with Crippen LogP contribution >= 0.6 is 0 Å². The maximum atomic E-state index is 2.78. The maximum absolute atomic E-state index is 2.78. The van der Waals surface area contributed by atoms with E-state index in [-0.39, 0.29) is 0 Å². The minimum absolute atomic E-state index is 0.657. The lowest BCUT2D eigenvalue weighted by molar-refractivity contribution is 0.0314. The van der Waals surface area contributed by atoms with E-state index >= 15 is 0 Å². The van der Waals surface area contributed by atoms with Crippen molar-refractivity contribution in [3.8, 4) is 0 Å². The van der Waals surface area contributed by atoms with Crippen LogP contribution < -0.4 is 0 Å². The van der Waals surface area contributed by atoms with Crippen molar-refractivity contribution >= 4 is 0 Å². The third kappa shape index (κ3) is 5.17. The van der Waals surface area contributed by atoms with E-state index in [0.29, 0.717) is 6.04 Å². The van der Waals surface area contributed by atoms with Gasteiger partial charge >= 0.3 is 0 Å². The van der Waals surface area contributed by atoms with Crippen LogP contribution in [0.1, 0.15) is 52.9 Å². The van der Waals surface area contributed by atoms with Gasteiger partial charge in [0.25, 0.3) is 0 Å². The van der Waals surface area contributed by atoms with E-state index in [1.165, 1.54) is 51.7 Å². The van der Waals surface area contributed by atoms with E-state index in [9.17, 15) is 0 Å². The summed E-state index contributed by atoms with van der Waals surface area (Å²) < 4.78 is 0. The molecule has 0 saturated carbocycles. The minimum Gasteiger partial charge on any atom is -0.306 e. The number of hydrogen-bond donors (Lipinski definition) is 0. The van der Waals surface area contributed by atoms with Gasteiger partial charge in [-0.3, -0.25) is 4.90 Å². The van der Waals surface area contributed by atoms with Gasteiger partial charge in [-0.15, -0.1) is 0 Å². The van der Waals surface area contributed by atoms with Crippen molar-refractivity contribution in [3.05, 3.63) is 0 Å². The molecule has 0 aromatic carbocycles. The van der Waals surface area contributed by atoms with Crippen LogP contribution in [0.4, 0.5) is 0 Å². The van der Waals surface area contributed by atoms with Gasteiger partial charge in [-0.2, -0.15) is 0 Å². The molecule has 0 bridgehead atoms. The van der Waals surface area contributed by atoms with Gasteiger partial charge in [0, 0.05) is 36.8 Å². The highest BCUT2D eigenvalue weighted by molar-refractivity contribution is 4.90. The number of likely N-dealkylation sites (N-methyl/N-ethyl adjacent to an activating group) is 1. The van der Waals surface area contributed by atoms with Crippen LogP contribution in [0.25, 0.3) is 0 Å². The first kappa shape index (κ1) is 20.2. The van der Waals surface area contributed by atoms with E-state index in [0.717, 1.165) is 24.2 Å². The fourth-order valence-corrected chi connectivity index (χ4v) is 4.73. The number of nitrogens with zero attached hydrogens (tertiary/aromatic N) is 4. The molecule has 2 rings (SSSR count). The summed E-state index contributed by atoms with van der Waals surface area (Å²) in [6, 6.07) is 3.66. The van der Waals surface area contributed by atoms with Crippen LogP contribution in [0.5, 0.6) is 0 Å². The highest BCUT2D eigenvalue weighted by Gasteiger charge is 2.33. The molecule has 0 aromatic heterocycles. The first-order valence-electron chi connectivity index (χ1n) is 10.1. The van der Waals surface area contributed by atoms with Crippen molar-refractivity contribution in [1.29, 1.82) is 0 Å². The lowest BCUT2D eigenvalue weighted by Gasteiger charge is -2.46. The molecule has 2 fully saturated rings. The topological polar surface area (TPSA) is 13.0 Å². The fraction of sp³-hybridized carbons (Fsp3) is 1.00. The van der Waals surface area contributed by atoms with Gasteiger partial charge in [0.15, 0.2) is 0 Å². The van der Waals surface area contributed by atoms with Gasteiger partial charge in [-0.05, 0) is 94.2 Å². The standard InChI is InChI=1S/C20H42N4/c1-16(2)24-15-20(22(6)7)9-8-19(24)14-17(3)23-12-10-18(11-13-23)21(4)5/h16-20H,8-15H2,1-7H3. The number of hydrogen-bond acceptors (Lipinski definition) is 4. The molecule has 2 saturated heterocycles. The van der Waals surface area contributed by atoms with Crippen LogP contribution in [-0.4, -0.2) is 97.6 Å². The molecule has 4 heteroatoms. The van der Waals surface area contributed by atoms with Gasteiger partial charge in [-0.25, -0.2) is 0 Å². The summed E-state index contributed by atoms with van der Waals surface area (Å²) in [4.78, 5) is 10.3. The van der Waals surface area contributed by atoms with Crippen molar-refractivity contribution in [3.63, 3.8) is 0 Å². The summed E-state index contributed by atoms with van der Waals surface area (Å²) in [7, 11) is 8.93. The lowest BCUT2D eigenvalue weighted by Crippen LogP contribution is -2.54. The van der Waals surface area contributed by atoms with Crippen molar-refractivity contribution < 1.29 is 0 Å². The minimum atomic E-state index is 0.657. The molecule has 0 aromatic rings. The average molecular weight is 339 g/mol. The van der Waals surface area contributed by atoms with Crippen LogP contribution in [0.3, 0.4) is 0 Å². The first-order chi connectivity index (χ1) is 11.3. The Morgan fingerprint density at radius 3 is 1.92 bits per heavy atom. The van der Waals surface area contributed by atoms with Crippen LogP contribution in [0.2, 0.25) is 0 Å². The summed E-state index contributed by atoms with van der Waals surface area (Å²) >= 11 is 0. The van der Waals surface area contributed by atoms with Gasteiger partial charge in [0.1, 0.15) is 0 Å². The van der Waals surface area contributed by atoms with Crippen molar-refractivity contribution in [2.75, 3.05) is 47.8 Å². The number of piperidine rings is 2. The molecule has 2 heterocycles. The SMILES string of the molecule is CC(CC1CCC(N(C)C)CN1C(C)C)N1CCC(N(C)C)CC1. The van der Waals surface area contributed by atoms with E-state index in [1.54, 1.807) is 0 Å². The van der Waals surface area contributed by atoms with E-state index < -0.39 is 0 Å². The molecule has 2 aliphatic rings. The fourth-order valence-electron chi connectivity index (χ4n) is 4.73. The molecule has 0 N–H and O–H groups in total. The van der Waals surface area contributed by atoms with Gasteiger partial charge in [-0.1, -0.05) is 0 Å². The molecular formula is C20H42N4. The Bertz CT molecular complexity index is 361. The molecule has 3 unspecified atom stereocenters. The molecule has 0 aliphatic carbocycles. The summed E-state index contributed by atoms with van der Waals surface area (Å²) in [6.45, 7) is 11.0. The van der Waals surface area contributed by atoms with Crippen molar-refractivity contribution in [2.45, 2.75) is 83.1 Å². The zero-order valence-electron chi connectivity index (χ0n) is 17.3. The molecular weight excluding hydrogens is 296 g/mol. The predicted octanol–water partition coefficient (Wildman–Crippen LogP) is 2.59. The third-order valence-electron chi connectivity index (χ3n) is 6.58. The molecule has 24 heavy (non-hydrogen) atoms. The predicted molar refractivity (Wildman–Crippen MR) is 105 cm³/mol. The highest BCUT2D eigenvalue weighted by Crippen LogP contribution is 2.27. The summed E-state index contributed by atoms with van der Waals surface area (Å²) in [5.41, 5.74) is 0. The molecule has 0 radical (unpaired) electrons. The van der Waals surface area contributed by atoms with Crippen molar-refractivity contribution in [2.24, 2.45) is 0 Å². The Hall–Kier alpha value is -0.160. The quantitative estimate of drug-likeness (QED) is 0.738. The van der Waals surface area contributed by atoms with E-state index in [2.05, 4.69) is 68.6 Å².